The molecule has 2 amide bonds. The van der Waals surface area contributed by atoms with Crippen molar-refractivity contribution in [2.75, 3.05) is 11.9 Å². The number of aliphatic hydroxyl groups excluding tert-OH is 1. The standard InChI is InChI=1S/C18H19N5O2/c1-23-12-20-17(22-23)14-8-5-9-15(10-14)21-18(25)19-11-16(24)13-6-3-2-4-7-13/h2-10,12,16,24H,11H2,1H3,(H2,19,21,25)/t16-/m0/s1. The molecule has 0 spiro atoms. The molecule has 0 aliphatic rings. The number of carbonyl (C=O) groups excluding carboxylic acids is 1. The summed E-state index contributed by atoms with van der Waals surface area (Å²) in [7, 11) is 1.80. The summed E-state index contributed by atoms with van der Waals surface area (Å²) in [6, 6.07) is 16.1. The molecular formula is C18H19N5O2. The third-order valence-electron chi connectivity index (χ3n) is 3.62. The number of urea groups is 1. The van der Waals surface area contributed by atoms with Crippen molar-refractivity contribution >= 4 is 11.7 Å². The summed E-state index contributed by atoms with van der Waals surface area (Å²) < 4.78 is 1.62. The Bertz CT molecular complexity index is 847. The van der Waals surface area contributed by atoms with Gasteiger partial charge in [0.05, 0.1) is 6.10 Å². The zero-order valence-electron chi connectivity index (χ0n) is 13.8. The number of nitrogens with zero attached hydrogens (tertiary/aromatic N) is 3. The highest BCUT2D eigenvalue weighted by Crippen LogP contribution is 2.19. The fraction of sp³-hybridized carbons (Fsp3) is 0.167. The van der Waals surface area contributed by atoms with E-state index >= 15 is 0 Å². The summed E-state index contributed by atoms with van der Waals surface area (Å²) in [4.78, 5) is 16.2. The summed E-state index contributed by atoms with van der Waals surface area (Å²) in [5, 5.41) is 19.7. The summed E-state index contributed by atoms with van der Waals surface area (Å²) >= 11 is 0. The van der Waals surface area contributed by atoms with Crippen LogP contribution in [-0.2, 0) is 7.05 Å². The maximum atomic E-state index is 12.0. The third-order valence-corrected chi connectivity index (χ3v) is 3.62. The fourth-order valence-electron chi connectivity index (χ4n) is 2.37. The molecule has 7 heteroatoms. The van der Waals surface area contributed by atoms with E-state index < -0.39 is 6.10 Å². The van der Waals surface area contributed by atoms with Crippen molar-refractivity contribution in [3.05, 3.63) is 66.5 Å². The molecule has 3 rings (SSSR count). The van der Waals surface area contributed by atoms with E-state index in [2.05, 4.69) is 20.7 Å². The summed E-state index contributed by atoms with van der Waals surface area (Å²) in [6.07, 6.45) is 0.864. The molecule has 2 aromatic carbocycles. The third kappa shape index (κ3) is 4.42. The van der Waals surface area contributed by atoms with E-state index in [4.69, 9.17) is 0 Å². The molecule has 128 valence electrons. The van der Waals surface area contributed by atoms with Crippen LogP contribution in [0.1, 0.15) is 11.7 Å². The van der Waals surface area contributed by atoms with E-state index in [0.29, 0.717) is 11.5 Å². The first-order chi connectivity index (χ1) is 12.1. The number of aliphatic hydroxyl groups is 1. The monoisotopic (exact) mass is 337 g/mol. The van der Waals surface area contributed by atoms with E-state index in [1.165, 1.54) is 0 Å². The first kappa shape index (κ1) is 16.7. The molecule has 0 bridgehead atoms. The summed E-state index contributed by atoms with van der Waals surface area (Å²) in [5.74, 6) is 0.589. The lowest BCUT2D eigenvalue weighted by Crippen LogP contribution is -2.32. The van der Waals surface area contributed by atoms with Gasteiger partial charge in [0.25, 0.3) is 0 Å². The molecule has 7 nitrogen and oxygen atoms in total. The Morgan fingerprint density at radius 2 is 2.00 bits per heavy atom. The van der Waals surface area contributed by atoms with Crippen LogP contribution in [0.3, 0.4) is 0 Å². The highest BCUT2D eigenvalue weighted by molar-refractivity contribution is 5.89. The second-order valence-corrected chi connectivity index (χ2v) is 5.58. The minimum Gasteiger partial charge on any atom is -0.387 e. The number of rotatable bonds is 5. The van der Waals surface area contributed by atoms with Gasteiger partial charge in [-0.2, -0.15) is 5.10 Å². The molecular weight excluding hydrogens is 318 g/mol. The Morgan fingerprint density at radius 3 is 2.72 bits per heavy atom. The van der Waals surface area contributed by atoms with Gasteiger partial charge in [-0.1, -0.05) is 42.5 Å². The zero-order valence-corrected chi connectivity index (χ0v) is 13.8. The van der Waals surface area contributed by atoms with Crippen LogP contribution in [0.5, 0.6) is 0 Å². The van der Waals surface area contributed by atoms with Crippen LogP contribution in [-0.4, -0.2) is 32.4 Å². The number of nitrogens with one attached hydrogen (secondary N) is 2. The molecule has 3 N–H and O–H groups in total. The molecule has 0 aliphatic carbocycles. The van der Waals surface area contributed by atoms with Crippen LogP contribution in [0.4, 0.5) is 10.5 Å². The van der Waals surface area contributed by atoms with Gasteiger partial charge in [0, 0.05) is 24.8 Å². The first-order valence-electron chi connectivity index (χ1n) is 7.86. The smallest absolute Gasteiger partial charge is 0.319 e. The Labute approximate surface area is 145 Å². The molecule has 1 heterocycles. The quantitative estimate of drug-likeness (QED) is 0.666. The van der Waals surface area contributed by atoms with Gasteiger partial charge in [-0.25, -0.2) is 9.78 Å². The molecule has 3 aromatic rings. The van der Waals surface area contributed by atoms with Crippen LogP contribution in [0.15, 0.2) is 60.9 Å². The second kappa shape index (κ2) is 7.59. The van der Waals surface area contributed by atoms with Crippen LogP contribution in [0, 0.1) is 0 Å². The van der Waals surface area contributed by atoms with Gasteiger partial charge in [0.15, 0.2) is 5.82 Å². The van der Waals surface area contributed by atoms with Crippen LogP contribution >= 0.6 is 0 Å². The van der Waals surface area contributed by atoms with Gasteiger partial charge in [-0.15, -0.1) is 0 Å². The van der Waals surface area contributed by atoms with Crippen molar-refractivity contribution < 1.29 is 9.90 Å². The predicted molar refractivity (Wildman–Crippen MR) is 94.9 cm³/mol. The maximum absolute atomic E-state index is 12.0. The van der Waals surface area contributed by atoms with Gasteiger partial charge in [-0.05, 0) is 17.7 Å². The molecule has 1 aromatic heterocycles. The number of aryl methyl sites for hydroxylation is 1. The number of hydrogen-bond acceptors (Lipinski definition) is 4. The first-order valence-corrected chi connectivity index (χ1v) is 7.86. The van der Waals surface area contributed by atoms with Crippen LogP contribution in [0.25, 0.3) is 11.4 Å². The average Bonchev–Trinajstić information content (AvgIpc) is 3.07. The van der Waals surface area contributed by atoms with Crippen molar-refractivity contribution in [1.82, 2.24) is 20.1 Å². The molecule has 0 unspecified atom stereocenters. The Morgan fingerprint density at radius 1 is 1.20 bits per heavy atom. The number of amides is 2. The molecule has 0 saturated carbocycles. The van der Waals surface area contributed by atoms with Gasteiger partial charge >= 0.3 is 6.03 Å². The molecule has 25 heavy (non-hydrogen) atoms. The van der Waals surface area contributed by atoms with E-state index in [9.17, 15) is 9.90 Å². The molecule has 0 aliphatic heterocycles. The maximum Gasteiger partial charge on any atom is 0.319 e. The van der Waals surface area contributed by atoms with Crippen LogP contribution < -0.4 is 10.6 Å². The Hall–Kier alpha value is -3.19. The van der Waals surface area contributed by atoms with Gasteiger partial charge < -0.3 is 15.7 Å². The van der Waals surface area contributed by atoms with Gasteiger partial charge in [0.1, 0.15) is 6.33 Å². The van der Waals surface area contributed by atoms with E-state index in [0.717, 1.165) is 11.1 Å². The zero-order chi connectivity index (χ0) is 17.6. The van der Waals surface area contributed by atoms with E-state index in [1.54, 1.807) is 30.2 Å². The number of carbonyl (C=O) groups is 1. The Kier molecular flexibility index (Phi) is 5.06. The lowest BCUT2D eigenvalue weighted by molar-refractivity contribution is 0.175. The van der Waals surface area contributed by atoms with Crippen molar-refractivity contribution in [2.45, 2.75) is 6.10 Å². The highest BCUT2D eigenvalue weighted by Gasteiger charge is 2.10. The minimum absolute atomic E-state index is 0.122. The molecule has 1 atom stereocenters. The lowest BCUT2D eigenvalue weighted by atomic mass is 10.1. The number of benzene rings is 2. The van der Waals surface area contributed by atoms with Gasteiger partial charge in [0.2, 0.25) is 0 Å². The normalized spacial score (nSPS) is 11.8. The summed E-state index contributed by atoms with van der Waals surface area (Å²) in [5.41, 5.74) is 2.19. The summed E-state index contributed by atoms with van der Waals surface area (Å²) in [6.45, 7) is 0.122. The Balaban J connectivity index is 1.58. The average molecular weight is 337 g/mol. The van der Waals surface area contributed by atoms with Crippen molar-refractivity contribution in [2.24, 2.45) is 7.05 Å². The number of anilines is 1. The fourth-order valence-corrected chi connectivity index (χ4v) is 2.37. The number of aromatic nitrogens is 3. The number of hydrogen-bond donors (Lipinski definition) is 3. The molecule has 0 fully saturated rings. The van der Waals surface area contributed by atoms with E-state index in [-0.39, 0.29) is 12.6 Å². The second-order valence-electron chi connectivity index (χ2n) is 5.58. The SMILES string of the molecule is Cn1cnc(-c2cccc(NC(=O)NC[C@H](O)c3ccccc3)c2)n1. The van der Waals surface area contributed by atoms with Crippen LogP contribution in [0.2, 0.25) is 0 Å². The largest absolute Gasteiger partial charge is 0.387 e. The highest BCUT2D eigenvalue weighted by atomic mass is 16.3. The van der Waals surface area contributed by atoms with E-state index in [1.807, 2.05) is 42.5 Å². The van der Waals surface area contributed by atoms with Crippen molar-refractivity contribution in [1.29, 1.82) is 0 Å². The van der Waals surface area contributed by atoms with Gasteiger partial charge in [-0.3, -0.25) is 4.68 Å². The lowest BCUT2D eigenvalue weighted by Gasteiger charge is -2.13. The van der Waals surface area contributed by atoms with Crippen molar-refractivity contribution in [3.63, 3.8) is 0 Å². The minimum atomic E-state index is -0.754. The van der Waals surface area contributed by atoms with Crippen molar-refractivity contribution in [3.8, 4) is 11.4 Å². The predicted octanol–water partition coefficient (Wildman–Crippen LogP) is 2.34. The topological polar surface area (TPSA) is 92.1 Å². The molecule has 0 radical (unpaired) electrons. The molecule has 0 saturated heterocycles.